The van der Waals surface area contributed by atoms with E-state index in [1.165, 1.54) is 11.8 Å². The highest BCUT2D eigenvalue weighted by Crippen LogP contribution is 2.27. The van der Waals surface area contributed by atoms with E-state index in [2.05, 4.69) is 15.5 Å². The van der Waals surface area contributed by atoms with Crippen molar-refractivity contribution in [1.82, 2.24) is 25.1 Å². The molecular formula is C16H21N5O2S. The molecule has 0 bridgehead atoms. The number of aromatic nitrogens is 4. The molecule has 2 heterocycles. The number of amides is 1. The van der Waals surface area contributed by atoms with E-state index in [0.29, 0.717) is 31.5 Å². The van der Waals surface area contributed by atoms with Crippen LogP contribution in [0.4, 0.5) is 0 Å². The van der Waals surface area contributed by atoms with E-state index in [9.17, 15) is 4.79 Å². The molecule has 1 saturated heterocycles. The Morgan fingerprint density at radius 2 is 1.92 bits per heavy atom. The summed E-state index contributed by atoms with van der Waals surface area (Å²) in [7, 11) is 0. The van der Waals surface area contributed by atoms with Crippen molar-refractivity contribution in [1.29, 1.82) is 0 Å². The van der Waals surface area contributed by atoms with Crippen molar-refractivity contribution in [3.63, 3.8) is 0 Å². The predicted octanol–water partition coefficient (Wildman–Crippen LogP) is 1.62. The summed E-state index contributed by atoms with van der Waals surface area (Å²) >= 11 is 1.39. The maximum atomic E-state index is 12.6. The molecule has 1 aromatic carbocycles. The van der Waals surface area contributed by atoms with E-state index in [1.54, 1.807) is 4.68 Å². The lowest BCUT2D eigenvalue weighted by Crippen LogP contribution is -2.44. The zero-order valence-electron chi connectivity index (χ0n) is 14.1. The first-order chi connectivity index (χ1) is 11.6. The second kappa shape index (κ2) is 7.31. The van der Waals surface area contributed by atoms with E-state index in [1.807, 2.05) is 43.9 Å². The topological polar surface area (TPSA) is 73.1 Å². The van der Waals surface area contributed by atoms with Gasteiger partial charge in [0.1, 0.15) is 0 Å². The molecule has 1 aliphatic rings. The van der Waals surface area contributed by atoms with Gasteiger partial charge in [0.25, 0.3) is 0 Å². The maximum Gasteiger partial charge on any atom is 0.236 e. The van der Waals surface area contributed by atoms with E-state index in [4.69, 9.17) is 4.74 Å². The molecule has 0 unspecified atom stereocenters. The highest BCUT2D eigenvalue weighted by Gasteiger charge is 2.25. The number of carbonyl (C=O) groups excluding carboxylic acids is 1. The summed E-state index contributed by atoms with van der Waals surface area (Å²) in [5.41, 5.74) is 3.16. The Bertz CT molecular complexity index is 707. The summed E-state index contributed by atoms with van der Waals surface area (Å²) in [4.78, 5) is 14.4. The number of para-hydroxylation sites is 1. The molecule has 8 heteroatoms. The Hall–Kier alpha value is -1.93. The third-order valence-electron chi connectivity index (χ3n) is 4.04. The van der Waals surface area contributed by atoms with Crippen LogP contribution in [0.15, 0.2) is 23.4 Å². The lowest BCUT2D eigenvalue weighted by atomic mass is 10.1. The van der Waals surface area contributed by atoms with Crippen LogP contribution in [0.25, 0.3) is 5.69 Å². The second-order valence-electron chi connectivity index (χ2n) is 5.81. The zero-order valence-corrected chi connectivity index (χ0v) is 14.9. The van der Waals surface area contributed by atoms with Crippen LogP contribution in [0.5, 0.6) is 0 Å². The van der Waals surface area contributed by atoms with Crippen LogP contribution in [0.3, 0.4) is 0 Å². The molecule has 0 aliphatic carbocycles. The first kappa shape index (κ1) is 16.9. The van der Waals surface area contributed by atoms with Gasteiger partial charge >= 0.3 is 0 Å². The molecule has 1 amide bonds. The predicted molar refractivity (Wildman–Crippen MR) is 91.3 cm³/mol. The minimum absolute atomic E-state index is 0.0966. The van der Waals surface area contributed by atoms with Crippen molar-refractivity contribution in [2.45, 2.75) is 31.2 Å². The number of morpholine rings is 1. The fourth-order valence-electron chi connectivity index (χ4n) is 2.78. The molecule has 0 saturated carbocycles. The van der Waals surface area contributed by atoms with E-state index < -0.39 is 0 Å². The third kappa shape index (κ3) is 3.44. The Morgan fingerprint density at radius 1 is 1.25 bits per heavy atom. The number of rotatable bonds is 4. The largest absolute Gasteiger partial charge is 0.378 e. The smallest absolute Gasteiger partial charge is 0.236 e. The van der Waals surface area contributed by atoms with Crippen molar-refractivity contribution < 1.29 is 9.53 Å². The molecule has 1 aromatic heterocycles. The Balaban J connectivity index is 1.79. The molecule has 1 fully saturated rings. The zero-order chi connectivity index (χ0) is 17.1. The van der Waals surface area contributed by atoms with Gasteiger partial charge in [-0.1, -0.05) is 30.0 Å². The van der Waals surface area contributed by atoms with Crippen LogP contribution >= 0.6 is 11.8 Å². The Labute approximate surface area is 145 Å². The summed E-state index contributed by atoms with van der Waals surface area (Å²) in [5.74, 6) is 0.0966. The van der Waals surface area contributed by atoms with Gasteiger partial charge in [-0.05, 0) is 42.3 Å². The van der Waals surface area contributed by atoms with E-state index >= 15 is 0 Å². The molecule has 24 heavy (non-hydrogen) atoms. The number of hydrogen-bond donors (Lipinski definition) is 0. The normalized spacial score (nSPS) is 16.2. The number of aryl methyl sites for hydroxylation is 2. The second-order valence-corrected chi connectivity index (χ2v) is 7.12. The minimum atomic E-state index is -0.253. The van der Waals surface area contributed by atoms with Crippen molar-refractivity contribution in [3.8, 4) is 5.69 Å². The lowest BCUT2D eigenvalue weighted by Gasteiger charge is -2.28. The summed E-state index contributed by atoms with van der Waals surface area (Å²) in [6.45, 7) is 8.44. The van der Waals surface area contributed by atoms with Gasteiger partial charge in [-0.25, -0.2) is 0 Å². The number of hydrogen-bond acceptors (Lipinski definition) is 6. The molecular weight excluding hydrogens is 326 g/mol. The molecule has 0 spiro atoms. The van der Waals surface area contributed by atoms with E-state index in [0.717, 1.165) is 16.8 Å². The van der Waals surface area contributed by atoms with Crippen LogP contribution in [0, 0.1) is 13.8 Å². The summed E-state index contributed by atoms with van der Waals surface area (Å²) in [5, 5.41) is 12.4. The fourth-order valence-corrected chi connectivity index (χ4v) is 3.66. The highest BCUT2D eigenvalue weighted by molar-refractivity contribution is 8.00. The quantitative estimate of drug-likeness (QED) is 0.783. The summed E-state index contributed by atoms with van der Waals surface area (Å²) < 4.78 is 7.02. The first-order valence-corrected chi connectivity index (χ1v) is 8.84. The summed E-state index contributed by atoms with van der Waals surface area (Å²) in [6, 6.07) is 6.07. The third-order valence-corrected chi connectivity index (χ3v) is 5.07. The average Bonchev–Trinajstić information content (AvgIpc) is 3.02. The molecule has 1 atom stereocenters. The van der Waals surface area contributed by atoms with Crippen LogP contribution in [-0.2, 0) is 9.53 Å². The van der Waals surface area contributed by atoms with Crippen LogP contribution in [-0.4, -0.2) is 62.6 Å². The number of tetrazole rings is 1. The molecule has 2 aromatic rings. The van der Waals surface area contributed by atoms with Crippen molar-refractivity contribution in [2.24, 2.45) is 0 Å². The van der Waals surface area contributed by atoms with Gasteiger partial charge in [0, 0.05) is 13.1 Å². The molecule has 0 N–H and O–H groups in total. The molecule has 128 valence electrons. The van der Waals surface area contributed by atoms with Crippen molar-refractivity contribution >= 4 is 17.7 Å². The van der Waals surface area contributed by atoms with Gasteiger partial charge in [0.15, 0.2) is 0 Å². The first-order valence-electron chi connectivity index (χ1n) is 7.96. The Morgan fingerprint density at radius 3 is 2.58 bits per heavy atom. The van der Waals surface area contributed by atoms with Gasteiger partial charge < -0.3 is 9.64 Å². The average molecular weight is 347 g/mol. The summed E-state index contributed by atoms with van der Waals surface area (Å²) in [6.07, 6.45) is 0. The number of ether oxygens (including phenoxy) is 1. The minimum Gasteiger partial charge on any atom is -0.378 e. The van der Waals surface area contributed by atoms with E-state index in [-0.39, 0.29) is 11.2 Å². The van der Waals surface area contributed by atoms with Gasteiger partial charge in [-0.2, -0.15) is 4.68 Å². The van der Waals surface area contributed by atoms with Gasteiger partial charge in [-0.15, -0.1) is 5.10 Å². The van der Waals surface area contributed by atoms with Gasteiger partial charge in [-0.3, -0.25) is 4.79 Å². The molecule has 1 aliphatic heterocycles. The SMILES string of the molecule is Cc1cccc(C)c1-n1nnnc1S[C@H](C)C(=O)N1CCOCC1. The number of carbonyl (C=O) groups is 1. The van der Waals surface area contributed by atoms with Crippen molar-refractivity contribution in [2.75, 3.05) is 26.3 Å². The van der Waals surface area contributed by atoms with Crippen LogP contribution < -0.4 is 0 Å². The van der Waals surface area contributed by atoms with Crippen LogP contribution in [0.2, 0.25) is 0 Å². The Kier molecular flexibility index (Phi) is 5.15. The van der Waals surface area contributed by atoms with Crippen LogP contribution in [0.1, 0.15) is 18.1 Å². The molecule has 3 rings (SSSR count). The number of thioether (sulfide) groups is 1. The van der Waals surface area contributed by atoms with Gasteiger partial charge in [0.05, 0.1) is 24.2 Å². The molecule has 7 nitrogen and oxygen atoms in total. The number of nitrogens with zero attached hydrogens (tertiary/aromatic N) is 5. The monoisotopic (exact) mass is 347 g/mol. The van der Waals surface area contributed by atoms with Crippen molar-refractivity contribution in [3.05, 3.63) is 29.3 Å². The standard InChI is InChI=1S/C16H21N5O2S/c1-11-5-4-6-12(2)14(11)21-16(17-18-19-21)24-13(3)15(22)20-7-9-23-10-8-20/h4-6,13H,7-10H2,1-3H3/t13-/m1/s1. The maximum absolute atomic E-state index is 12.6. The highest BCUT2D eigenvalue weighted by atomic mass is 32.2. The fraction of sp³-hybridized carbons (Fsp3) is 0.500. The lowest BCUT2D eigenvalue weighted by molar-refractivity contribution is -0.134. The molecule has 0 radical (unpaired) electrons. The van der Waals surface area contributed by atoms with Gasteiger partial charge in [0.2, 0.25) is 11.1 Å². The number of benzene rings is 1.